The lowest BCUT2D eigenvalue weighted by atomic mass is 10.1. The van der Waals surface area contributed by atoms with Crippen LogP contribution in [0.5, 0.6) is 0 Å². The summed E-state index contributed by atoms with van der Waals surface area (Å²) in [4.78, 5) is 32.2. The number of aliphatic hydroxyl groups is 3. The fourth-order valence-corrected chi connectivity index (χ4v) is 3.35. The van der Waals surface area contributed by atoms with Crippen molar-refractivity contribution < 1.29 is 38.9 Å². The van der Waals surface area contributed by atoms with Gasteiger partial charge in [0, 0.05) is 0 Å². The number of hydrogen-bond donors (Lipinski definition) is 6. The van der Waals surface area contributed by atoms with Crippen LogP contribution in [-0.4, -0.2) is 98.6 Å². The smallest absolute Gasteiger partial charge is 0.392 e. The molecule has 156 valence electrons. The molecule has 3 aliphatic heterocycles. The molecule has 3 aliphatic rings. The third-order valence-electron chi connectivity index (χ3n) is 4.35. The average molecular weight is 419 g/mol. The first-order valence-electron chi connectivity index (χ1n) is 8.36. The van der Waals surface area contributed by atoms with Crippen LogP contribution in [0.1, 0.15) is 6.92 Å². The van der Waals surface area contributed by atoms with Crippen LogP contribution >= 0.6 is 7.82 Å². The Bertz CT molecular complexity index is 752. The molecule has 0 aromatic carbocycles. The lowest BCUT2D eigenvalue weighted by molar-refractivity contribution is -0.143. The van der Waals surface area contributed by atoms with Gasteiger partial charge in [-0.3, -0.25) is 14.5 Å². The summed E-state index contributed by atoms with van der Waals surface area (Å²) in [6.07, 6.45) is -2.18. The van der Waals surface area contributed by atoms with Gasteiger partial charge >= 0.3 is 7.82 Å². The average Bonchev–Trinajstić information content (AvgIpc) is 3.17. The molecule has 0 aromatic rings. The van der Waals surface area contributed by atoms with Crippen LogP contribution in [0.15, 0.2) is 26.6 Å². The van der Waals surface area contributed by atoms with E-state index in [1.807, 2.05) is 0 Å². The Hall–Kier alpha value is -1.70. The number of nitrogens with zero attached hydrogens (tertiary/aromatic N) is 4. The van der Waals surface area contributed by atoms with Crippen molar-refractivity contribution in [3.05, 3.63) is 11.6 Å². The fraction of sp³-hybridized carbons (Fsp3) is 0.643. The zero-order chi connectivity index (χ0) is 20.5. The van der Waals surface area contributed by atoms with E-state index in [0.717, 1.165) is 5.57 Å². The predicted octanol–water partition coefficient (Wildman–Crippen LogP) is -2.49. The molecule has 1 saturated heterocycles. The topological polar surface area (TPSA) is 189 Å². The molecule has 28 heavy (non-hydrogen) atoms. The van der Waals surface area contributed by atoms with E-state index < -0.39 is 44.8 Å². The lowest BCUT2D eigenvalue weighted by Crippen LogP contribution is -2.53. The number of fused-ring (bicyclic) bond motifs is 1. The maximum atomic E-state index is 11.0. The number of phosphoric ester groups is 1. The predicted molar refractivity (Wildman–Crippen MR) is 96.5 cm³/mol. The number of hydrogen-bond acceptors (Lipinski definition) is 10. The van der Waals surface area contributed by atoms with Gasteiger partial charge in [0.15, 0.2) is 18.7 Å². The molecule has 3 heterocycles. The van der Waals surface area contributed by atoms with Crippen LogP contribution < -0.4 is 5.32 Å². The van der Waals surface area contributed by atoms with Crippen molar-refractivity contribution in [2.45, 2.75) is 43.9 Å². The largest absolute Gasteiger partial charge is 0.472 e. The van der Waals surface area contributed by atoms with Gasteiger partial charge in [-0.15, -0.1) is 0 Å². The van der Waals surface area contributed by atoms with Gasteiger partial charge in [-0.05, 0) is 6.92 Å². The number of rotatable bonds is 6. The van der Waals surface area contributed by atoms with E-state index in [1.54, 1.807) is 13.0 Å². The summed E-state index contributed by atoms with van der Waals surface area (Å²) in [5.74, 6) is 0.511. The van der Waals surface area contributed by atoms with Gasteiger partial charge in [-0.25, -0.2) is 9.56 Å². The van der Waals surface area contributed by atoms with E-state index in [4.69, 9.17) is 19.6 Å². The molecule has 14 heteroatoms. The lowest BCUT2D eigenvalue weighted by Gasteiger charge is -2.32. The number of aliphatic hydroxyl groups excluding tert-OH is 3. The van der Waals surface area contributed by atoms with Crippen LogP contribution in [-0.2, 0) is 13.8 Å². The molecule has 0 spiro atoms. The molecule has 0 radical (unpaired) electrons. The molecule has 13 nitrogen and oxygen atoms in total. The Balaban J connectivity index is 1.72. The van der Waals surface area contributed by atoms with Crippen molar-refractivity contribution in [1.29, 1.82) is 0 Å². The molecule has 6 atom stereocenters. The van der Waals surface area contributed by atoms with Gasteiger partial charge in [-0.1, -0.05) is 11.6 Å². The Labute approximate surface area is 160 Å². The third kappa shape index (κ3) is 4.47. The standard InChI is InChI=1S/C14H22N5O8P/c1-7(4-20)2-3-15-11-8-12(17-5-16-11)19(6-18-8)13-9(21)10(22)14(26-13)27-28(23,24)25/h2,5-6,8-10,12-14,20-22H,3-4H2,1H3,(H,15,16,17)(H2,23,24,25)/b7-2+/t8-,9+,10-,12-,13-,14+/m0/s1. The number of ether oxygens (including phenoxy) is 1. The summed E-state index contributed by atoms with van der Waals surface area (Å²) < 4.78 is 20.7. The van der Waals surface area contributed by atoms with Crippen molar-refractivity contribution in [3.63, 3.8) is 0 Å². The SMILES string of the molecule is C/C(=C\CN=C1NC=N[C@@H]2[C@H]1N=CN2[C@H]1O[C@H](OP(=O)(O)O)[C@@H](O)[C@H]1O)CO. The second kappa shape index (κ2) is 8.35. The Morgan fingerprint density at radius 1 is 1.43 bits per heavy atom. The monoisotopic (exact) mass is 419 g/mol. The molecule has 0 unspecified atom stereocenters. The quantitative estimate of drug-likeness (QED) is 0.198. The van der Waals surface area contributed by atoms with E-state index in [2.05, 4.69) is 24.8 Å². The number of nitrogens with one attached hydrogen (secondary N) is 1. The van der Waals surface area contributed by atoms with E-state index in [1.165, 1.54) is 17.6 Å². The highest BCUT2D eigenvalue weighted by Gasteiger charge is 2.52. The zero-order valence-electron chi connectivity index (χ0n) is 14.8. The van der Waals surface area contributed by atoms with Gasteiger partial charge in [0.1, 0.15) is 24.1 Å². The minimum Gasteiger partial charge on any atom is -0.392 e. The summed E-state index contributed by atoms with van der Waals surface area (Å²) in [5, 5.41) is 32.1. The maximum absolute atomic E-state index is 11.0. The van der Waals surface area contributed by atoms with E-state index in [-0.39, 0.29) is 6.61 Å². The summed E-state index contributed by atoms with van der Waals surface area (Å²) in [6.45, 7) is 2.03. The van der Waals surface area contributed by atoms with Crippen molar-refractivity contribution >= 4 is 26.3 Å². The summed E-state index contributed by atoms with van der Waals surface area (Å²) >= 11 is 0. The van der Waals surface area contributed by atoms with Gasteiger partial charge < -0.3 is 40.1 Å². The number of aliphatic imine (C=N–C) groups is 3. The Kier molecular flexibility index (Phi) is 6.27. The highest BCUT2D eigenvalue weighted by atomic mass is 31.2. The van der Waals surface area contributed by atoms with E-state index in [0.29, 0.717) is 12.4 Å². The normalized spacial score (nSPS) is 36.9. The van der Waals surface area contributed by atoms with Gasteiger partial charge in [0.05, 0.1) is 25.8 Å². The molecule has 0 saturated carbocycles. The number of phosphoric acid groups is 1. The Morgan fingerprint density at radius 2 is 2.18 bits per heavy atom. The second-order valence-electron chi connectivity index (χ2n) is 6.40. The third-order valence-corrected chi connectivity index (χ3v) is 4.83. The Morgan fingerprint density at radius 3 is 2.86 bits per heavy atom. The molecule has 0 aliphatic carbocycles. The van der Waals surface area contributed by atoms with Crippen molar-refractivity contribution in [3.8, 4) is 0 Å². The fourth-order valence-electron chi connectivity index (χ4n) is 2.91. The van der Waals surface area contributed by atoms with E-state index in [9.17, 15) is 14.8 Å². The maximum Gasteiger partial charge on any atom is 0.472 e. The number of amidine groups is 1. The zero-order valence-corrected chi connectivity index (χ0v) is 15.7. The molecular formula is C14H22N5O8P. The van der Waals surface area contributed by atoms with Crippen molar-refractivity contribution in [2.75, 3.05) is 13.2 Å². The molecule has 0 bridgehead atoms. The van der Waals surface area contributed by atoms with E-state index >= 15 is 0 Å². The molecule has 1 fully saturated rings. The van der Waals surface area contributed by atoms with Crippen LogP contribution in [0.3, 0.4) is 0 Å². The second-order valence-corrected chi connectivity index (χ2v) is 7.59. The van der Waals surface area contributed by atoms with Crippen LogP contribution in [0.2, 0.25) is 0 Å². The highest BCUT2D eigenvalue weighted by molar-refractivity contribution is 7.46. The molecule has 3 rings (SSSR count). The van der Waals surface area contributed by atoms with Crippen molar-refractivity contribution in [1.82, 2.24) is 10.2 Å². The minimum absolute atomic E-state index is 0.0607. The molecule has 6 N–H and O–H groups in total. The summed E-state index contributed by atoms with van der Waals surface area (Å²) in [6, 6.07) is -0.525. The minimum atomic E-state index is -4.93. The van der Waals surface area contributed by atoms with Crippen LogP contribution in [0.25, 0.3) is 0 Å². The van der Waals surface area contributed by atoms with Crippen LogP contribution in [0.4, 0.5) is 0 Å². The first kappa shape index (κ1) is 21.0. The first-order chi connectivity index (χ1) is 13.2. The molecule has 0 aromatic heterocycles. The summed E-state index contributed by atoms with van der Waals surface area (Å²) in [7, 11) is -4.93. The highest BCUT2D eigenvalue weighted by Crippen LogP contribution is 2.42. The summed E-state index contributed by atoms with van der Waals surface area (Å²) in [5.41, 5.74) is 0.773. The van der Waals surface area contributed by atoms with Crippen molar-refractivity contribution in [2.24, 2.45) is 15.0 Å². The molecular weight excluding hydrogens is 397 g/mol. The van der Waals surface area contributed by atoms with Gasteiger partial charge in [-0.2, -0.15) is 0 Å². The van der Waals surface area contributed by atoms with Gasteiger partial charge in [0.2, 0.25) is 0 Å². The van der Waals surface area contributed by atoms with Gasteiger partial charge in [0.25, 0.3) is 0 Å². The molecule has 0 amide bonds. The first-order valence-corrected chi connectivity index (χ1v) is 9.89. The van der Waals surface area contributed by atoms with Crippen LogP contribution in [0, 0.1) is 0 Å².